The Bertz CT molecular complexity index is 1020. The van der Waals surface area contributed by atoms with Crippen LogP contribution in [0.4, 0.5) is 0 Å². The van der Waals surface area contributed by atoms with E-state index in [-0.39, 0.29) is 0 Å². The number of nitrogens with zero attached hydrogens (tertiary/aromatic N) is 3. The summed E-state index contributed by atoms with van der Waals surface area (Å²) in [6, 6.07) is 13.2. The molecule has 0 spiro atoms. The topological polar surface area (TPSA) is 66.7 Å². The highest BCUT2D eigenvalue weighted by atomic mass is 32.2. The molecule has 0 amide bonds. The summed E-state index contributed by atoms with van der Waals surface area (Å²) >= 11 is 1.56. The fourth-order valence-corrected chi connectivity index (χ4v) is 5.03. The lowest BCUT2D eigenvalue weighted by atomic mass is 10.2. The number of benzene rings is 1. The number of sulfonamides is 1. The highest BCUT2D eigenvalue weighted by Gasteiger charge is 2.25. The molecule has 0 saturated carbocycles. The zero-order chi connectivity index (χ0) is 19.4. The summed E-state index contributed by atoms with van der Waals surface area (Å²) in [5.74, 6) is 0.775. The van der Waals surface area contributed by atoms with Gasteiger partial charge in [0.25, 0.3) is 0 Å². The van der Waals surface area contributed by atoms with Gasteiger partial charge in [0.2, 0.25) is 10.0 Å². The van der Waals surface area contributed by atoms with Crippen molar-refractivity contribution in [3.05, 3.63) is 70.8 Å². The first-order valence-corrected chi connectivity index (χ1v) is 11.4. The molecule has 6 nitrogen and oxygen atoms in total. The second kappa shape index (κ2) is 8.40. The first-order chi connectivity index (χ1) is 13.6. The molecule has 1 fully saturated rings. The van der Waals surface area contributed by atoms with E-state index in [0.717, 1.165) is 22.0 Å². The molecule has 0 radical (unpaired) electrons. The van der Waals surface area contributed by atoms with Crippen molar-refractivity contribution in [1.29, 1.82) is 0 Å². The Morgan fingerprint density at radius 2 is 1.86 bits per heavy atom. The van der Waals surface area contributed by atoms with Gasteiger partial charge in [-0.3, -0.25) is 4.90 Å². The molecule has 4 rings (SSSR count). The van der Waals surface area contributed by atoms with Crippen LogP contribution in [0.15, 0.2) is 63.9 Å². The van der Waals surface area contributed by atoms with Crippen LogP contribution in [0.1, 0.15) is 11.3 Å². The second-order valence-electron chi connectivity index (χ2n) is 6.55. The van der Waals surface area contributed by atoms with Gasteiger partial charge < -0.3 is 4.42 Å². The van der Waals surface area contributed by atoms with Crippen molar-refractivity contribution in [2.75, 3.05) is 26.2 Å². The van der Waals surface area contributed by atoms with Crippen molar-refractivity contribution in [3.63, 3.8) is 0 Å². The molecule has 146 valence electrons. The van der Waals surface area contributed by atoms with Gasteiger partial charge >= 0.3 is 0 Å². The maximum absolute atomic E-state index is 12.6. The van der Waals surface area contributed by atoms with Gasteiger partial charge in [-0.25, -0.2) is 13.4 Å². The van der Waals surface area contributed by atoms with Crippen LogP contribution >= 0.6 is 11.3 Å². The summed E-state index contributed by atoms with van der Waals surface area (Å²) in [6.07, 6.45) is 3.29. The highest BCUT2D eigenvalue weighted by molar-refractivity contribution is 7.92. The van der Waals surface area contributed by atoms with E-state index in [4.69, 9.17) is 4.42 Å². The first kappa shape index (κ1) is 19.1. The summed E-state index contributed by atoms with van der Waals surface area (Å²) in [7, 11) is -3.40. The van der Waals surface area contributed by atoms with Crippen LogP contribution in [-0.2, 0) is 16.6 Å². The number of rotatable bonds is 6. The van der Waals surface area contributed by atoms with Crippen molar-refractivity contribution in [3.8, 4) is 10.8 Å². The molecule has 0 atom stereocenters. The molecule has 8 heteroatoms. The minimum absolute atomic E-state index is 0.483. The normalized spacial score (nSPS) is 16.7. The molecule has 0 aliphatic carbocycles. The van der Waals surface area contributed by atoms with Crippen LogP contribution in [-0.4, -0.2) is 48.8 Å². The van der Waals surface area contributed by atoms with Gasteiger partial charge in [-0.05, 0) is 23.8 Å². The zero-order valence-corrected chi connectivity index (χ0v) is 16.9. The van der Waals surface area contributed by atoms with E-state index in [9.17, 15) is 8.42 Å². The van der Waals surface area contributed by atoms with Crippen LogP contribution in [0, 0.1) is 0 Å². The summed E-state index contributed by atoms with van der Waals surface area (Å²) < 4.78 is 32.0. The molecule has 3 heterocycles. The Kier molecular flexibility index (Phi) is 5.72. The molecule has 1 aliphatic rings. The van der Waals surface area contributed by atoms with Gasteiger partial charge in [-0.2, -0.15) is 4.31 Å². The summed E-state index contributed by atoms with van der Waals surface area (Å²) in [4.78, 5) is 6.85. The van der Waals surface area contributed by atoms with Crippen molar-refractivity contribution >= 4 is 27.4 Å². The SMILES string of the molecule is O=S(=O)(C=Cc1ccccc1)N1CCN(Cc2csc(-c3ccco3)n2)CC1. The number of thiazole rings is 1. The van der Waals surface area contributed by atoms with E-state index in [1.165, 1.54) is 9.71 Å². The Morgan fingerprint density at radius 1 is 1.07 bits per heavy atom. The third-order valence-corrected chi connectivity index (χ3v) is 7.06. The second-order valence-corrected chi connectivity index (χ2v) is 9.23. The van der Waals surface area contributed by atoms with Crippen molar-refractivity contribution in [1.82, 2.24) is 14.2 Å². The lowest BCUT2D eigenvalue weighted by Gasteiger charge is -2.32. The smallest absolute Gasteiger partial charge is 0.236 e. The lowest BCUT2D eigenvalue weighted by molar-refractivity contribution is 0.181. The van der Waals surface area contributed by atoms with Gasteiger partial charge in [0.1, 0.15) is 0 Å². The Morgan fingerprint density at radius 3 is 2.57 bits per heavy atom. The van der Waals surface area contributed by atoms with Crippen LogP contribution in [0.3, 0.4) is 0 Å². The van der Waals surface area contributed by atoms with Crippen molar-refractivity contribution in [2.45, 2.75) is 6.54 Å². The van der Waals surface area contributed by atoms with E-state index in [1.807, 2.05) is 47.8 Å². The van der Waals surface area contributed by atoms with Gasteiger partial charge in [-0.1, -0.05) is 30.3 Å². The molecule has 1 saturated heterocycles. The van der Waals surface area contributed by atoms with E-state index in [2.05, 4.69) is 9.88 Å². The van der Waals surface area contributed by atoms with Crippen LogP contribution in [0.5, 0.6) is 0 Å². The summed E-state index contributed by atoms with van der Waals surface area (Å²) in [5, 5.41) is 4.20. The minimum atomic E-state index is -3.40. The molecule has 0 bridgehead atoms. The van der Waals surface area contributed by atoms with E-state index >= 15 is 0 Å². The summed E-state index contributed by atoms with van der Waals surface area (Å²) in [5.41, 5.74) is 1.86. The molecule has 28 heavy (non-hydrogen) atoms. The highest BCUT2D eigenvalue weighted by Crippen LogP contribution is 2.24. The molecule has 2 aromatic heterocycles. The first-order valence-electron chi connectivity index (χ1n) is 9.04. The van der Waals surface area contributed by atoms with E-state index < -0.39 is 10.0 Å². The molecular formula is C20H21N3O3S2. The van der Waals surface area contributed by atoms with Gasteiger partial charge in [-0.15, -0.1) is 11.3 Å². The molecule has 0 N–H and O–H groups in total. The minimum Gasteiger partial charge on any atom is -0.462 e. The predicted octanol–water partition coefficient (Wildman–Crippen LogP) is 3.52. The number of hydrogen-bond donors (Lipinski definition) is 0. The molecule has 0 unspecified atom stereocenters. The molecule has 3 aromatic rings. The Hall–Kier alpha value is -2.26. The Labute approximate surface area is 168 Å². The monoisotopic (exact) mass is 415 g/mol. The van der Waals surface area contributed by atoms with Gasteiger partial charge in [0.05, 0.1) is 12.0 Å². The molecule has 1 aromatic carbocycles. The average Bonchev–Trinajstić information content (AvgIpc) is 3.40. The molecule has 1 aliphatic heterocycles. The van der Waals surface area contributed by atoms with Gasteiger partial charge in [0, 0.05) is 43.5 Å². The van der Waals surface area contributed by atoms with Crippen molar-refractivity contribution in [2.24, 2.45) is 0 Å². The van der Waals surface area contributed by atoms with Gasteiger partial charge in [0.15, 0.2) is 10.8 Å². The van der Waals surface area contributed by atoms with Crippen molar-refractivity contribution < 1.29 is 12.8 Å². The number of piperazine rings is 1. The van der Waals surface area contributed by atoms with E-state index in [0.29, 0.717) is 32.7 Å². The largest absolute Gasteiger partial charge is 0.462 e. The predicted molar refractivity (Wildman–Crippen MR) is 111 cm³/mol. The van der Waals surface area contributed by atoms with E-state index in [1.54, 1.807) is 23.7 Å². The number of hydrogen-bond acceptors (Lipinski definition) is 6. The number of aromatic nitrogens is 1. The fraction of sp³-hybridized carbons (Fsp3) is 0.250. The summed E-state index contributed by atoms with van der Waals surface area (Å²) in [6.45, 7) is 3.05. The number of furan rings is 1. The zero-order valence-electron chi connectivity index (χ0n) is 15.3. The third kappa shape index (κ3) is 4.59. The lowest BCUT2D eigenvalue weighted by Crippen LogP contribution is -2.47. The standard InChI is InChI=1S/C20H21N3O3S2/c24-28(25,14-8-17-5-2-1-3-6-17)23-11-9-22(10-12-23)15-18-16-27-20(21-18)19-7-4-13-26-19/h1-8,13-14,16H,9-12,15H2. The molecular weight excluding hydrogens is 394 g/mol. The van der Waals surface area contributed by atoms with Crippen LogP contribution in [0.25, 0.3) is 16.8 Å². The Balaban J connectivity index is 1.32. The fourth-order valence-electron chi connectivity index (χ4n) is 3.08. The third-order valence-electron chi connectivity index (χ3n) is 4.59. The van der Waals surface area contributed by atoms with Crippen LogP contribution in [0.2, 0.25) is 0 Å². The maximum atomic E-state index is 12.6. The maximum Gasteiger partial charge on any atom is 0.236 e. The van der Waals surface area contributed by atoms with Crippen LogP contribution < -0.4 is 0 Å². The quantitative estimate of drug-likeness (QED) is 0.616. The average molecular weight is 416 g/mol.